The summed E-state index contributed by atoms with van der Waals surface area (Å²) >= 11 is 0. The molecule has 1 N–H and O–H groups in total. The van der Waals surface area contributed by atoms with Gasteiger partial charge in [0.15, 0.2) is 0 Å². The summed E-state index contributed by atoms with van der Waals surface area (Å²) in [5, 5.41) is 8.91. The normalized spacial score (nSPS) is 10.2. The molecule has 3 heteroatoms. The topological polar surface area (TPSA) is 42.4 Å². The number of aromatic nitrogens is 1. The van der Waals surface area contributed by atoms with Gasteiger partial charge < -0.3 is 9.84 Å². The third kappa shape index (κ3) is 3.57. The Balaban J connectivity index is 1.82. The average molecular weight is 229 g/mol. The predicted molar refractivity (Wildman–Crippen MR) is 65.8 cm³/mol. The molecular weight excluding hydrogens is 214 g/mol. The third-order valence-electron chi connectivity index (χ3n) is 2.49. The first-order valence-electron chi connectivity index (χ1n) is 5.60. The van der Waals surface area contributed by atoms with Crippen molar-refractivity contribution in [1.82, 2.24) is 4.98 Å². The van der Waals surface area contributed by atoms with Crippen LogP contribution in [0.5, 0.6) is 5.75 Å². The van der Waals surface area contributed by atoms with Gasteiger partial charge in [-0.3, -0.25) is 4.98 Å². The molecule has 0 fully saturated rings. The molecule has 0 radical (unpaired) electrons. The van der Waals surface area contributed by atoms with E-state index >= 15 is 0 Å². The second-order valence-corrected chi connectivity index (χ2v) is 3.76. The summed E-state index contributed by atoms with van der Waals surface area (Å²) in [6.07, 6.45) is 4.45. The summed E-state index contributed by atoms with van der Waals surface area (Å²) < 4.78 is 5.60. The zero-order valence-electron chi connectivity index (χ0n) is 9.54. The van der Waals surface area contributed by atoms with Gasteiger partial charge in [0.2, 0.25) is 0 Å². The molecule has 1 aromatic carbocycles. The van der Waals surface area contributed by atoms with Crippen molar-refractivity contribution in [3.8, 4) is 5.75 Å². The summed E-state index contributed by atoms with van der Waals surface area (Å²) in [4.78, 5) is 4.05. The summed E-state index contributed by atoms with van der Waals surface area (Å²) in [7, 11) is 0. The van der Waals surface area contributed by atoms with Crippen LogP contribution in [0.3, 0.4) is 0 Å². The van der Waals surface area contributed by atoms with Crippen LogP contribution in [0.15, 0.2) is 48.8 Å². The third-order valence-corrected chi connectivity index (χ3v) is 2.49. The van der Waals surface area contributed by atoms with Crippen LogP contribution in [0, 0.1) is 0 Å². The molecule has 0 spiro atoms. The van der Waals surface area contributed by atoms with Gasteiger partial charge in [0.1, 0.15) is 5.75 Å². The highest BCUT2D eigenvalue weighted by Crippen LogP contribution is 2.12. The molecule has 0 atom stereocenters. The second kappa shape index (κ2) is 6.01. The lowest BCUT2D eigenvalue weighted by Crippen LogP contribution is -2.01. The minimum atomic E-state index is 0.0654. The highest BCUT2D eigenvalue weighted by molar-refractivity contribution is 5.26. The molecule has 17 heavy (non-hydrogen) atoms. The van der Waals surface area contributed by atoms with Gasteiger partial charge in [-0.1, -0.05) is 18.2 Å². The molecule has 0 aliphatic carbocycles. The van der Waals surface area contributed by atoms with Crippen molar-refractivity contribution in [3.63, 3.8) is 0 Å². The number of nitrogens with zero attached hydrogens (tertiary/aromatic N) is 1. The van der Waals surface area contributed by atoms with Gasteiger partial charge in [-0.2, -0.15) is 0 Å². The van der Waals surface area contributed by atoms with Crippen molar-refractivity contribution >= 4 is 0 Å². The van der Waals surface area contributed by atoms with Gasteiger partial charge in [-0.15, -0.1) is 0 Å². The summed E-state index contributed by atoms with van der Waals surface area (Å²) in [5.41, 5.74) is 2.06. The van der Waals surface area contributed by atoms with E-state index in [-0.39, 0.29) is 6.61 Å². The Morgan fingerprint density at radius 2 is 1.88 bits per heavy atom. The minimum Gasteiger partial charge on any atom is -0.493 e. The van der Waals surface area contributed by atoms with Crippen molar-refractivity contribution in [1.29, 1.82) is 0 Å². The van der Waals surface area contributed by atoms with E-state index in [9.17, 15) is 0 Å². The molecule has 0 amide bonds. The number of rotatable bonds is 5. The molecule has 0 aliphatic heterocycles. The fourth-order valence-electron chi connectivity index (χ4n) is 1.52. The smallest absolute Gasteiger partial charge is 0.119 e. The summed E-state index contributed by atoms with van der Waals surface area (Å²) in [6, 6.07) is 11.4. The van der Waals surface area contributed by atoms with Crippen LogP contribution in [-0.2, 0) is 13.0 Å². The van der Waals surface area contributed by atoms with Gasteiger partial charge in [-0.05, 0) is 29.3 Å². The van der Waals surface area contributed by atoms with Gasteiger partial charge >= 0.3 is 0 Å². The molecule has 0 bridgehead atoms. The molecule has 1 heterocycles. The van der Waals surface area contributed by atoms with Crippen LogP contribution in [0.2, 0.25) is 0 Å². The maximum atomic E-state index is 8.91. The van der Waals surface area contributed by atoms with E-state index in [0.717, 1.165) is 17.7 Å². The first kappa shape index (κ1) is 11.6. The van der Waals surface area contributed by atoms with E-state index in [1.807, 2.05) is 42.6 Å². The van der Waals surface area contributed by atoms with Crippen LogP contribution >= 0.6 is 0 Å². The average Bonchev–Trinajstić information content (AvgIpc) is 2.41. The highest BCUT2D eigenvalue weighted by Gasteiger charge is 1.96. The molecule has 0 aliphatic rings. The molecule has 1 aromatic heterocycles. The van der Waals surface area contributed by atoms with Crippen molar-refractivity contribution in [2.24, 2.45) is 0 Å². The zero-order chi connectivity index (χ0) is 11.9. The molecule has 88 valence electrons. The van der Waals surface area contributed by atoms with Gasteiger partial charge in [0.25, 0.3) is 0 Å². The van der Waals surface area contributed by atoms with E-state index in [4.69, 9.17) is 9.84 Å². The monoisotopic (exact) mass is 229 g/mol. The fraction of sp³-hybridized carbons (Fsp3) is 0.214. The lowest BCUT2D eigenvalue weighted by atomic mass is 10.2. The first-order chi connectivity index (χ1) is 8.38. The largest absolute Gasteiger partial charge is 0.493 e. The van der Waals surface area contributed by atoms with Crippen LogP contribution < -0.4 is 4.74 Å². The number of ether oxygens (including phenoxy) is 1. The Bertz CT molecular complexity index is 440. The van der Waals surface area contributed by atoms with E-state index in [1.54, 1.807) is 6.20 Å². The van der Waals surface area contributed by atoms with Gasteiger partial charge in [0.05, 0.1) is 13.2 Å². The Kier molecular flexibility index (Phi) is 4.11. The Hall–Kier alpha value is -1.87. The van der Waals surface area contributed by atoms with E-state index in [2.05, 4.69) is 4.98 Å². The zero-order valence-corrected chi connectivity index (χ0v) is 9.54. The van der Waals surface area contributed by atoms with Crippen LogP contribution in [0.4, 0.5) is 0 Å². The molecule has 0 saturated heterocycles. The molecular formula is C14H15NO2. The maximum absolute atomic E-state index is 8.91. The van der Waals surface area contributed by atoms with Crippen molar-refractivity contribution in [2.75, 3.05) is 6.61 Å². The Morgan fingerprint density at radius 1 is 1.06 bits per heavy atom. The number of aliphatic hydroxyl groups is 1. The molecule has 0 unspecified atom stereocenters. The number of aliphatic hydroxyl groups excluding tert-OH is 1. The highest BCUT2D eigenvalue weighted by atomic mass is 16.5. The van der Waals surface area contributed by atoms with E-state index in [1.165, 1.54) is 5.56 Å². The Labute approximate surface area is 101 Å². The first-order valence-corrected chi connectivity index (χ1v) is 5.60. The Morgan fingerprint density at radius 3 is 2.53 bits per heavy atom. The van der Waals surface area contributed by atoms with Crippen LogP contribution in [0.25, 0.3) is 0 Å². The molecule has 2 rings (SSSR count). The molecule has 0 saturated carbocycles. The fourth-order valence-corrected chi connectivity index (χ4v) is 1.52. The summed E-state index contributed by atoms with van der Waals surface area (Å²) in [6.45, 7) is 0.695. The van der Waals surface area contributed by atoms with E-state index in [0.29, 0.717) is 6.61 Å². The number of hydrogen-bond acceptors (Lipinski definition) is 3. The van der Waals surface area contributed by atoms with Crippen molar-refractivity contribution in [2.45, 2.75) is 13.0 Å². The molecule has 3 nitrogen and oxygen atoms in total. The standard InChI is InChI=1S/C14H15NO2/c16-11-13-3-5-14(6-4-13)17-9-7-12-2-1-8-15-10-12/h1-6,8,10,16H,7,9,11H2. The van der Waals surface area contributed by atoms with E-state index < -0.39 is 0 Å². The van der Waals surface area contributed by atoms with Gasteiger partial charge in [0, 0.05) is 18.8 Å². The number of pyridine rings is 1. The lowest BCUT2D eigenvalue weighted by Gasteiger charge is -2.06. The van der Waals surface area contributed by atoms with Crippen molar-refractivity contribution in [3.05, 3.63) is 59.9 Å². The SMILES string of the molecule is OCc1ccc(OCCc2cccnc2)cc1. The van der Waals surface area contributed by atoms with Gasteiger partial charge in [-0.25, -0.2) is 0 Å². The minimum absolute atomic E-state index is 0.0654. The summed E-state index contributed by atoms with van der Waals surface area (Å²) in [5.74, 6) is 0.825. The predicted octanol–water partition coefficient (Wildman–Crippen LogP) is 2.20. The number of benzene rings is 1. The maximum Gasteiger partial charge on any atom is 0.119 e. The van der Waals surface area contributed by atoms with Crippen LogP contribution in [-0.4, -0.2) is 16.7 Å². The lowest BCUT2D eigenvalue weighted by molar-refractivity contribution is 0.281. The van der Waals surface area contributed by atoms with Crippen LogP contribution in [0.1, 0.15) is 11.1 Å². The quantitative estimate of drug-likeness (QED) is 0.854. The number of hydrogen-bond donors (Lipinski definition) is 1. The second-order valence-electron chi connectivity index (χ2n) is 3.76. The molecule has 2 aromatic rings. The van der Waals surface area contributed by atoms with Crippen molar-refractivity contribution < 1.29 is 9.84 Å².